The maximum Gasteiger partial charge on any atom is 0.547 e. The van der Waals surface area contributed by atoms with Gasteiger partial charge in [0, 0.05) is 0 Å². The second kappa shape index (κ2) is 17.4. The smallest absolute Gasteiger partial charge is 0.413 e. The summed E-state index contributed by atoms with van der Waals surface area (Å²) in [5.41, 5.74) is -6.52. The molecule has 0 saturated heterocycles. The molecule has 0 heterocycles. The van der Waals surface area contributed by atoms with E-state index < -0.39 is 127 Å². The van der Waals surface area contributed by atoms with Crippen LogP contribution in [0.2, 0.25) is 0 Å². The normalized spacial score (nSPS) is 14.7. The fourth-order valence-electron chi connectivity index (χ4n) is 3.33. The van der Waals surface area contributed by atoms with E-state index >= 15 is 13.2 Å². The van der Waals surface area contributed by atoms with E-state index in [2.05, 4.69) is 28.8 Å². The van der Waals surface area contributed by atoms with Gasteiger partial charge in [0.05, 0.1) is 10.4 Å². The van der Waals surface area contributed by atoms with Gasteiger partial charge in [0.1, 0.15) is 0 Å². The number of hydrogen-bond acceptors (Lipinski definition) is 9. The first kappa shape index (κ1) is 45.8. The molecule has 0 spiro atoms. The van der Waals surface area contributed by atoms with Crippen molar-refractivity contribution in [1.82, 2.24) is 0 Å². The Hall–Kier alpha value is -1.39. The lowest BCUT2D eigenvalue weighted by Gasteiger charge is -2.42. The third-order valence-electron chi connectivity index (χ3n) is 5.51. The summed E-state index contributed by atoms with van der Waals surface area (Å²) in [6, 6.07) is 0. The topological polar surface area (TPSA) is 83.1 Å². The van der Waals surface area contributed by atoms with E-state index in [1.807, 2.05) is 62.9 Å². The van der Waals surface area contributed by atoms with Crippen LogP contribution < -0.4 is 10.4 Å². The Labute approximate surface area is 296 Å². The van der Waals surface area contributed by atoms with E-state index in [0.717, 1.165) is 0 Å². The molecule has 0 saturated carbocycles. The lowest BCUT2D eigenvalue weighted by Crippen LogP contribution is -2.74. The molecule has 2 aromatic carbocycles. The van der Waals surface area contributed by atoms with Gasteiger partial charge < -0.3 is 37.0 Å². The van der Waals surface area contributed by atoms with E-state index in [1.165, 1.54) is 0 Å². The monoisotopic (exact) mass is 920 g/mol. The maximum absolute atomic E-state index is 15.6. The molecule has 0 aliphatic rings. The lowest BCUT2D eigenvalue weighted by molar-refractivity contribution is 0.142. The molecule has 0 fully saturated rings. The predicted molar refractivity (Wildman–Crippen MR) is 140 cm³/mol. The van der Waals surface area contributed by atoms with E-state index in [1.54, 1.807) is 0 Å². The van der Waals surface area contributed by atoms with Crippen molar-refractivity contribution < 1.29 is 107 Å². The molecule has 35 heteroatoms. The first-order chi connectivity index (χ1) is 23.5. The molecule has 0 amide bonds. The van der Waals surface area contributed by atoms with Crippen LogP contribution in [0.1, 0.15) is 0 Å². The van der Waals surface area contributed by atoms with Crippen molar-refractivity contribution in [3.05, 3.63) is 81.2 Å². The van der Waals surface area contributed by atoms with Gasteiger partial charge in [-0.1, -0.05) is 0 Å². The van der Waals surface area contributed by atoms with Crippen LogP contribution in [0.3, 0.4) is 0 Å². The predicted octanol–water partition coefficient (Wildman–Crippen LogP) is 1.83. The Kier molecular flexibility index (Phi) is 15.6. The third-order valence-corrected chi connectivity index (χ3v) is 22.0. The molecule has 0 N–H and O–H groups in total. The van der Waals surface area contributed by atoms with Gasteiger partial charge in [-0.05, 0) is 0 Å². The van der Waals surface area contributed by atoms with E-state index in [4.69, 9.17) is 8.23 Å². The molecule has 270 valence electrons. The van der Waals surface area contributed by atoms with Crippen molar-refractivity contribution in [2.45, 2.75) is 0 Å². The number of hydrogen-bond donors (Lipinski definition) is 0. The molecule has 2 unspecified atom stereocenters. The molecule has 51 heavy (non-hydrogen) atoms. The number of benzene rings is 2. The summed E-state index contributed by atoms with van der Waals surface area (Å²) < 4.78 is 271. The SMILES string of the molecule is FC(F)=C(F)[Si](O[Si])(O[Si])O[Si](O[Si])(O[Si](O[Si])(O[Si](O[Si])(O[Si])c1c(F)c(F)c(F)c(F)c1F)C(F)=C(F)F)c1c(F)c(F)c(F)c(F)c1F. The zero-order valence-electron chi connectivity index (χ0n) is 22.7. The van der Waals surface area contributed by atoms with Gasteiger partial charge in [-0.2, -0.15) is 17.6 Å². The summed E-state index contributed by atoms with van der Waals surface area (Å²) in [6.45, 7) is 0. The summed E-state index contributed by atoms with van der Waals surface area (Å²) in [5, 5.41) is -5.24. The Bertz CT molecular complexity index is 1660. The van der Waals surface area contributed by atoms with Gasteiger partial charge in [0.25, 0.3) is 0 Å². The van der Waals surface area contributed by atoms with Crippen molar-refractivity contribution in [2.75, 3.05) is 0 Å². The molecule has 9 nitrogen and oxygen atoms in total. The minimum Gasteiger partial charge on any atom is -0.413 e. The third kappa shape index (κ3) is 8.04. The fraction of sp³-hybridized carbons (Fsp3) is 0. The molecule has 0 aliphatic heterocycles. The maximum atomic E-state index is 15.6. The Morgan fingerprint density at radius 1 is 0.333 bits per heavy atom. The largest absolute Gasteiger partial charge is 0.547 e. The van der Waals surface area contributed by atoms with Gasteiger partial charge in [-0.25, -0.2) is 52.7 Å². The van der Waals surface area contributed by atoms with Crippen LogP contribution in [0, 0.1) is 58.2 Å². The van der Waals surface area contributed by atoms with Crippen LogP contribution in [0.15, 0.2) is 23.1 Å². The van der Waals surface area contributed by atoms with Crippen LogP contribution >= 0.6 is 0 Å². The first-order valence-electron chi connectivity index (χ1n) is 11.2. The second-order valence-corrected chi connectivity index (χ2v) is 21.9. The summed E-state index contributed by atoms with van der Waals surface area (Å²) in [6.07, 6.45) is -7.31. The van der Waals surface area contributed by atoms with Crippen molar-refractivity contribution >= 4 is 109 Å². The van der Waals surface area contributed by atoms with Crippen LogP contribution in [-0.4, -0.2) is 98.1 Å². The van der Waals surface area contributed by atoms with Crippen LogP contribution in [0.4, 0.5) is 70.2 Å². The summed E-state index contributed by atoms with van der Waals surface area (Å²) in [5.74, 6) is -30.1. The van der Waals surface area contributed by atoms with Crippen molar-refractivity contribution in [3.8, 4) is 0 Å². The first-order valence-corrected chi connectivity index (χ1v) is 20.5. The van der Waals surface area contributed by atoms with Gasteiger partial charge in [0.2, 0.25) is 85.5 Å². The molecule has 2 aromatic rings. The van der Waals surface area contributed by atoms with Crippen molar-refractivity contribution in [2.24, 2.45) is 0 Å². The van der Waals surface area contributed by atoms with E-state index in [0.29, 0.717) is 0 Å². The summed E-state index contributed by atoms with van der Waals surface area (Å²) >= 11 is 0. The Morgan fingerprint density at radius 3 is 0.843 bits per heavy atom. The average molecular weight is 921 g/mol. The van der Waals surface area contributed by atoms with Crippen molar-refractivity contribution in [3.63, 3.8) is 0 Å². The highest BCUT2D eigenvalue weighted by Gasteiger charge is 2.69. The molecule has 0 aromatic heterocycles. The van der Waals surface area contributed by atoms with E-state index in [-0.39, 0.29) is 0 Å². The summed E-state index contributed by atoms with van der Waals surface area (Å²) in [7, 11) is -16.2. The Morgan fingerprint density at radius 2 is 0.569 bits per heavy atom. The average Bonchev–Trinajstić information content (AvgIpc) is 3.11. The zero-order chi connectivity index (χ0) is 39.6. The van der Waals surface area contributed by atoms with Gasteiger partial charge in [-0.3, -0.25) is 0 Å². The molecule has 2 rings (SSSR count). The molecule has 0 aliphatic carbocycles. The van der Waals surface area contributed by atoms with Crippen molar-refractivity contribution in [1.29, 1.82) is 0 Å². The Balaban J connectivity index is 3.31. The van der Waals surface area contributed by atoms with Gasteiger partial charge in [0.15, 0.2) is 46.5 Å². The summed E-state index contributed by atoms with van der Waals surface area (Å²) in [4.78, 5) is 0. The molecular weight excluding hydrogens is 921 g/mol. The highest BCUT2D eigenvalue weighted by atomic mass is 28.5. The zero-order valence-corrected chi connectivity index (χ0v) is 32.7. The van der Waals surface area contributed by atoms with Crippen LogP contribution in [-0.2, 0) is 37.0 Å². The molecule has 18 radical (unpaired) electrons. The highest BCUT2D eigenvalue weighted by molar-refractivity contribution is 6.96. The molecular formula is C16F16O9Si10. The standard InChI is InChI=1S/C16F16O9Si10/c17-1-3(19)7(23)11(8(24)4(1)20)48(33-42,34-43)39-51(38-47,16(32)14(29)30)41-49(35-44,40-50(36-45,37-46)15(31)13(27)28)12-9(25)5(21)2(18)6(22)10(12)26. The number of rotatable bonds is 16. The molecule has 0 bridgehead atoms. The fourth-order valence-corrected chi connectivity index (χ4v) is 20.7. The second-order valence-electron chi connectivity index (χ2n) is 8.18. The highest BCUT2D eigenvalue weighted by Crippen LogP contribution is 2.37. The molecule has 2 atom stereocenters. The van der Waals surface area contributed by atoms with Gasteiger partial charge >= 0.3 is 47.4 Å². The van der Waals surface area contributed by atoms with Crippen LogP contribution in [0.25, 0.3) is 0 Å². The van der Waals surface area contributed by atoms with Gasteiger partial charge in [-0.15, -0.1) is 0 Å². The minimum absolute atomic E-state index is 1.88. The minimum atomic E-state index is -7.39. The quantitative estimate of drug-likeness (QED) is 0.109. The lowest BCUT2D eigenvalue weighted by atomic mass is 10.3. The van der Waals surface area contributed by atoms with E-state index in [9.17, 15) is 57.1 Å². The van der Waals surface area contributed by atoms with Crippen LogP contribution in [0.5, 0.6) is 0 Å². The number of halogens is 16.